The van der Waals surface area contributed by atoms with Crippen LogP contribution in [0.3, 0.4) is 0 Å². The standard InChI is InChI=1S/C18H15ClFNO3.C14H20ClNO2.C11H13Cl2NO3/c1-3-10(2)24-16-9-15(14(20)8-13(16)19)21-17(22)11-6-4-5-7-12(11)18(21)23;1-4-11-7-6-8-12(5-2)14(11)16(10-18-3)13(17)9-15;1-11(2)14(10(15)9(12)13)6-8(17-11)7-4-3-5-16-7/h1,8-10H,4-7H2,2H3;6-8H,4-5,9-10H2,1-3H3;3-5,8-9H,6H2,1-2H3. The number of ether oxygens (including phenoxy) is 3. The van der Waals surface area contributed by atoms with Crippen LogP contribution in [0.5, 0.6) is 5.75 Å². The lowest BCUT2D eigenvalue weighted by molar-refractivity contribution is -0.144. The smallest absolute Gasteiger partial charge is 0.261 e. The number of hydrogen-bond acceptors (Lipinski definition) is 8. The fourth-order valence-electron chi connectivity index (χ4n) is 6.92. The van der Waals surface area contributed by atoms with Crippen molar-refractivity contribution >= 4 is 81.4 Å². The number of terminal acetylenes is 1. The molecule has 1 aliphatic carbocycles. The Kier molecular flexibility index (Phi) is 17.3. The van der Waals surface area contributed by atoms with Crippen LogP contribution in [0.2, 0.25) is 5.02 Å². The molecule has 4 amide bonds. The zero-order valence-corrected chi connectivity index (χ0v) is 36.8. The number of aryl methyl sites for hydroxylation is 2. The van der Waals surface area contributed by atoms with E-state index in [-0.39, 0.29) is 47.0 Å². The molecule has 318 valence electrons. The maximum absolute atomic E-state index is 14.4. The average molecular weight is 896 g/mol. The molecule has 3 aliphatic rings. The van der Waals surface area contributed by atoms with E-state index >= 15 is 0 Å². The van der Waals surface area contributed by atoms with Gasteiger partial charge in [0.15, 0.2) is 10.9 Å². The minimum absolute atomic E-state index is 0.0233. The van der Waals surface area contributed by atoms with E-state index < -0.39 is 34.3 Å². The summed E-state index contributed by atoms with van der Waals surface area (Å²) in [4.78, 5) is 51.8. The van der Waals surface area contributed by atoms with E-state index in [9.17, 15) is 23.6 Å². The summed E-state index contributed by atoms with van der Waals surface area (Å²) < 4.78 is 36.0. The molecule has 0 radical (unpaired) electrons. The number of halogens is 5. The molecule has 11 nitrogen and oxygen atoms in total. The number of imide groups is 1. The molecular weight excluding hydrogens is 847 g/mol. The van der Waals surface area contributed by atoms with Crippen LogP contribution in [0.25, 0.3) is 0 Å². The maximum Gasteiger partial charge on any atom is 0.261 e. The number of rotatable bonds is 11. The molecule has 16 heteroatoms. The molecule has 0 N–H and O–H groups in total. The highest BCUT2D eigenvalue weighted by Gasteiger charge is 2.45. The van der Waals surface area contributed by atoms with Crippen molar-refractivity contribution in [3.63, 3.8) is 0 Å². The van der Waals surface area contributed by atoms with Crippen molar-refractivity contribution in [2.45, 2.75) is 95.9 Å². The number of benzene rings is 2. The van der Waals surface area contributed by atoms with E-state index in [1.807, 2.05) is 24.3 Å². The highest BCUT2D eigenvalue weighted by molar-refractivity contribution is 6.53. The topological polar surface area (TPSA) is 119 Å². The maximum atomic E-state index is 14.4. The lowest BCUT2D eigenvalue weighted by Crippen LogP contribution is -2.45. The number of hydrogen-bond donors (Lipinski definition) is 0. The minimum Gasteiger partial charge on any atom is -0.476 e. The number of furan rings is 1. The van der Waals surface area contributed by atoms with Crippen LogP contribution in [0, 0.1) is 18.2 Å². The number of amides is 4. The molecule has 2 aliphatic heterocycles. The second kappa shape index (κ2) is 21.4. The van der Waals surface area contributed by atoms with Gasteiger partial charge in [0, 0.05) is 24.3 Å². The first-order valence-corrected chi connectivity index (χ1v) is 20.8. The highest BCUT2D eigenvalue weighted by Crippen LogP contribution is 2.40. The number of alkyl halides is 3. The number of methoxy groups -OCH3 is 1. The zero-order chi connectivity index (χ0) is 43.6. The van der Waals surface area contributed by atoms with E-state index in [2.05, 4.69) is 19.8 Å². The minimum atomic E-state index is -1.08. The second-order valence-corrected chi connectivity index (χ2v) is 15.9. The Bertz CT molecular complexity index is 2020. The quantitative estimate of drug-likeness (QED) is 0.0809. The van der Waals surface area contributed by atoms with Gasteiger partial charge in [-0.25, -0.2) is 9.29 Å². The molecule has 1 fully saturated rings. The zero-order valence-electron chi connectivity index (χ0n) is 33.8. The lowest BCUT2D eigenvalue weighted by atomic mass is 9.93. The highest BCUT2D eigenvalue weighted by atomic mass is 35.5. The number of carbonyl (C=O) groups excluding carboxylic acids is 4. The molecule has 1 saturated heterocycles. The summed E-state index contributed by atoms with van der Waals surface area (Å²) in [7, 11) is 1.58. The molecule has 3 aromatic rings. The summed E-state index contributed by atoms with van der Waals surface area (Å²) in [5, 5.41) is 0.0233. The van der Waals surface area contributed by atoms with Crippen LogP contribution in [-0.2, 0) is 41.5 Å². The molecule has 0 saturated carbocycles. The van der Waals surface area contributed by atoms with Crippen molar-refractivity contribution < 1.29 is 42.2 Å². The van der Waals surface area contributed by atoms with Gasteiger partial charge < -0.3 is 23.5 Å². The molecule has 1 aromatic heterocycles. The van der Waals surface area contributed by atoms with E-state index in [4.69, 9.17) is 71.5 Å². The monoisotopic (exact) mass is 893 g/mol. The van der Waals surface area contributed by atoms with Gasteiger partial charge in [-0.15, -0.1) is 18.0 Å². The molecular formula is C43H48Cl4FN3O8. The van der Waals surface area contributed by atoms with E-state index in [1.54, 1.807) is 45.1 Å². The first-order valence-electron chi connectivity index (χ1n) is 19.0. The largest absolute Gasteiger partial charge is 0.476 e. The van der Waals surface area contributed by atoms with Gasteiger partial charge in [0.25, 0.3) is 17.7 Å². The Labute approximate surface area is 364 Å². The molecule has 0 spiro atoms. The third-order valence-electron chi connectivity index (χ3n) is 9.82. The van der Waals surface area contributed by atoms with Gasteiger partial charge in [-0.2, -0.15) is 0 Å². The van der Waals surface area contributed by atoms with E-state index in [0.29, 0.717) is 36.3 Å². The Balaban J connectivity index is 0.000000200. The van der Waals surface area contributed by atoms with Crippen molar-refractivity contribution in [1.29, 1.82) is 0 Å². The van der Waals surface area contributed by atoms with Gasteiger partial charge in [0.2, 0.25) is 5.91 Å². The summed E-state index contributed by atoms with van der Waals surface area (Å²) in [6.45, 7) is 9.99. The SMILES string of the molecule is C#CC(C)Oc1cc(N2C(=O)C3=C(CCCC3)C2=O)c(F)cc1Cl.CC1(C)OC(c2ccco2)CN1C(=O)C(Cl)Cl.CCc1cccc(CC)c1N(COC)C(=O)CCl. The summed E-state index contributed by atoms with van der Waals surface area (Å²) in [6, 6.07) is 12.0. The van der Waals surface area contributed by atoms with Crippen molar-refractivity contribution in [1.82, 2.24) is 4.90 Å². The van der Waals surface area contributed by atoms with Gasteiger partial charge >= 0.3 is 0 Å². The summed E-state index contributed by atoms with van der Waals surface area (Å²) in [6.07, 6.45) is 10.5. The molecule has 0 bridgehead atoms. The first kappa shape index (κ1) is 47.6. The molecule has 2 unspecified atom stereocenters. The van der Waals surface area contributed by atoms with Gasteiger partial charge in [0.05, 0.1) is 29.2 Å². The molecule has 6 rings (SSSR count). The van der Waals surface area contributed by atoms with Crippen LogP contribution < -0.4 is 14.5 Å². The Morgan fingerprint density at radius 3 is 2.15 bits per heavy atom. The van der Waals surface area contributed by atoms with Gasteiger partial charge in [-0.05, 0) is 88.6 Å². The van der Waals surface area contributed by atoms with Gasteiger partial charge in [-0.3, -0.25) is 24.1 Å². The van der Waals surface area contributed by atoms with Crippen LogP contribution >= 0.6 is 46.4 Å². The van der Waals surface area contributed by atoms with Gasteiger partial charge in [0.1, 0.15) is 41.8 Å². The predicted octanol–water partition coefficient (Wildman–Crippen LogP) is 9.33. The van der Waals surface area contributed by atoms with Crippen molar-refractivity contribution in [2.24, 2.45) is 0 Å². The number of carbonyl (C=O) groups is 4. The van der Waals surface area contributed by atoms with Crippen molar-refractivity contribution in [3.05, 3.63) is 87.6 Å². The Morgan fingerprint density at radius 1 is 1.05 bits per heavy atom. The average Bonchev–Trinajstić information content (AvgIpc) is 3.94. The van der Waals surface area contributed by atoms with Crippen LogP contribution in [0.1, 0.15) is 83.3 Å². The summed E-state index contributed by atoms with van der Waals surface area (Å²) >= 11 is 22.9. The van der Waals surface area contributed by atoms with Crippen LogP contribution in [0.15, 0.2) is 64.3 Å². The fourth-order valence-corrected chi connectivity index (χ4v) is 7.49. The second-order valence-electron chi connectivity index (χ2n) is 14.1. The first-order chi connectivity index (χ1) is 28.0. The Morgan fingerprint density at radius 2 is 1.66 bits per heavy atom. The van der Waals surface area contributed by atoms with Crippen LogP contribution in [-0.4, -0.2) is 71.5 Å². The number of para-hydroxylation sites is 1. The number of nitrogens with zero attached hydrogens (tertiary/aromatic N) is 3. The molecule has 2 atom stereocenters. The lowest BCUT2D eigenvalue weighted by Gasteiger charge is -2.29. The predicted molar refractivity (Wildman–Crippen MR) is 227 cm³/mol. The normalized spacial score (nSPS) is 17.4. The van der Waals surface area contributed by atoms with Crippen molar-refractivity contribution in [3.8, 4) is 18.1 Å². The van der Waals surface area contributed by atoms with Crippen molar-refractivity contribution in [2.75, 3.05) is 36.1 Å². The van der Waals surface area contributed by atoms with Gasteiger partial charge in [-0.1, -0.05) is 72.8 Å². The molecule has 2 aromatic carbocycles. The third kappa shape index (κ3) is 11.2. The molecule has 59 heavy (non-hydrogen) atoms. The molecule has 3 heterocycles. The third-order valence-corrected chi connectivity index (χ3v) is 10.7. The fraction of sp³-hybridized carbons (Fsp3) is 0.442. The summed E-state index contributed by atoms with van der Waals surface area (Å²) in [5.74, 6) is 0.974. The van der Waals surface area contributed by atoms with Crippen LogP contribution in [0.4, 0.5) is 15.8 Å². The summed E-state index contributed by atoms with van der Waals surface area (Å²) in [5.41, 5.74) is 3.31. The van der Waals surface area contributed by atoms with E-state index in [1.165, 1.54) is 11.0 Å². The van der Waals surface area contributed by atoms with E-state index in [0.717, 1.165) is 53.5 Å². The Hall–Kier alpha value is -4.09. The number of anilines is 2.